The van der Waals surface area contributed by atoms with Crippen molar-refractivity contribution in [1.82, 2.24) is 10.2 Å². The molecule has 1 amide bonds. The molecule has 0 bridgehead atoms. The molecular weight excluding hydrogens is 299 g/mol. The van der Waals surface area contributed by atoms with Crippen molar-refractivity contribution in [3.05, 3.63) is 47.1 Å². The number of carbonyl (C=O) groups excluding carboxylic acids is 1. The summed E-state index contributed by atoms with van der Waals surface area (Å²) < 4.78 is 13.0. The fourth-order valence-electron chi connectivity index (χ4n) is 2.85. The molecule has 1 N–H and O–H groups in total. The van der Waals surface area contributed by atoms with Crippen LogP contribution in [0.25, 0.3) is 10.4 Å². The molecule has 1 unspecified atom stereocenters. The predicted molar refractivity (Wildman–Crippen MR) is 87.7 cm³/mol. The Morgan fingerprint density at radius 3 is 2.82 bits per heavy atom. The van der Waals surface area contributed by atoms with E-state index < -0.39 is 0 Å². The van der Waals surface area contributed by atoms with Gasteiger partial charge in [0.1, 0.15) is 5.82 Å². The number of nitrogens with zero attached hydrogens (tertiary/aromatic N) is 1. The van der Waals surface area contributed by atoms with Gasteiger partial charge in [-0.1, -0.05) is 12.1 Å². The zero-order valence-corrected chi connectivity index (χ0v) is 13.3. The number of likely N-dealkylation sites (tertiary alicyclic amines) is 1. The fourth-order valence-corrected chi connectivity index (χ4v) is 3.83. The van der Waals surface area contributed by atoms with Gasteiger partial charge in [0.25, 0.3) is 5.91 Å². The van der Waals surface area contributed by atoms with Crippen LogP contribution in [0.15, 0.2) is 36.4 Å². The third kappa shape index (κ3) is 3.20. The average Bonchev–Trinajstić information content (AvgIpc) is 3.17. The number of carbonyl (C=O) groups is 1. The van der Waals surface area contributed by atoms with Crippen molar-refractivity contribution in [1.29, 1.82) is 0 Å². The van der Waals surface area contributed by atoms with Crippen LogP contribution >= 0.6 is 11.3 Å². The minimum absolute atomic E-state index is 0.108. The Balaban J connectivity index is 1.71. The summed E-state index contributed by atoms with van der Waals surface area (Å²) in [6, 6.07) is 10.2. The van der Waals surface area contributed by atoms with Crippen LogP contribution in [-0.4, -0.2) is 37.5 Å². The highest BCUT2D eigenvalue weighted by atomic mass is 32.1. The van der Waals surface area contributed by atoms with E-state index in [9.17, 15) is 9.18 Å². The maximum atomic E-state index is 13.0. The molecule has 0 spiro atoms. The molecule has 3 nitrogen and oxygen atoms in total. The standard InChI is InChI=1S/C17H19FN2OS/c1-19-10-12-8-9-20(11-12)17(21)16-7-6-15(22-16)13-2-4-14(18)5-3-13/h2-7,12,19H,8-11H2,1H3. The molecule has 3 rings (SSSR count). The van der Waals surface area contributed by atoms with Crippen molar-refractivity contribution >= 4 is 17.2 Å². The summed E-state index contributed by atoms with van der Waals surface area (Å²) in [6.45, 7) is 2.60. The van der Waals surface area contributed by atoms with E-state index in [0.29, 0.717) is 5.92 Å². The van der Waals surface area contributed by atoms with Crippen LogP contribution in [0.2, 0.25) is 0 Å². The van der Waals surface area contributed by atoms with Gasteiger partial charge in [-0.2, -0.15) is 0 Å². The molecule has 1 aromatic heterocycles. The highest BCUT2D eigenvalue weighted by molar-refractivity contribution is 7.17. The number of rotatable bonds is 4. The van der Waals surface area contributed by atoms with Crippen molar-refractivity contribution in [2.45, 2.75) is 6.42 Å². The van der Waals surface area contributed by atoms with Crippen LogP contribution in [0.4, 0.5) is 4.39 Å². The second kappa shape index (κ2) is 6.58. The van der Waals surface area contributed by atoms with Gasteiger partial charge in [0.15, 0.2) is 0 Å². The number of benzene rings is 1. The molecule has 1 atom stereocenters. The molecule has 2 aromatic rings. The first-order valence-corrected chi connectivity index (χ1v) is 8.28. The second-order valence-electron chi connectivity index (χ2n) is 5.63. The highest BCUT2D eigenvalue weighted by Crippen LogP contribution is 2.30. The fraction of sp³-hybridized carbons (Fsp3) is 0.353. The summed E-state index contributed by atoms with van der Waals surface area (Å²) in [4.78, 5) is 16.2. The summed E-state index contributed by atoms with van der Waals surface area (Å²) in [5, 5.41) is 3.17. The van der Waals surface area contributed by atoms with Crippen molar-refractivity contribution in [3.63, 3.8) is 0 Å². The molecule has 2 heterocycles. The third-order valence-electron chi connectivity index (χ3n) is 4.01. The van der Waals surface area contributed by atoms with E-state index in [0.717, 1.165) is 41.4 Å². The maximum absolute atomic E-state index is 13.0. The topological polar surface area (TPSA) is 32.3 Å². The number of thiophene rings is 1. The summed E-state index contributed by atoms with van der Waals surface area (Å²) in [7, 11) is 1.94. The van der Waals surface area contributed by atoms with E-state index in [4.69, 9.17) is 0 Å². The molecule has 1 fully saturated rings. The Morgan fingerprint density at radius 2 is 2.09 bits per heavy atom. The minimum Gasteiger partial charge on any atom is -0.338 e. The number of nitrogens with one attached hydrogen (secondary N) is 1. The maximum Gasteiger partial charge on any atom is 0.263 e. The molecule has 0 saturated carbocycles. The molecular formula is C17H19FN2OS. The lowest BCUT2D eigenvalue weighted by Crippen LogP contribution is -2.29. The molecule has 0 aliphatic carbocycles. The molecule has 1 aliphatic heterocycles. The Morgan fingerprint density at radius 1 is 1.32 bits per heavy atom. The largest absolute Gasteiger partial charge is 0.338 e. The normalized spacial score (nSPS) is 17.9. The van der Waals surface area contributed by atoms with Crippen LogP contribution in [-0.2, 0) is 0 Å². The van der Waals surface area contributed by atoms with E-state index in [-0.39, 0.29) is 11.7 Å². The Hall–Kier alpha value is -1.72. The van der Waals surface area contributed by atoms with Crippen LogP contribution < -0.4 is 5.32 Å². The number of hydrogen-bond acceptors (Lipinski definition) is 3. The van der Waals surface area contributed by atoms with E-state index >= 15 is 0 Å². The first-order chi connectivity index (χ1) is 10.7. The smallest absolute Gasteiger partial charge is 0.263 e. The van der Waals surface area contributed by atoms with E-state index in [1.54, 1.807) is 12.1 Å². The molecule has 1 saturated heterocycles. The lowest BCUT2D eigenvalue weighted by Gasteiger charge is -2.15. The average molecular weight is 318 g/mol. The van der Waals surface area contributed by atoms with Crippen LogP contribution in [0, 0.1) is 11.7 Å². The lowest BCUT2D eigenvalue weighted by atomic mass is 10.1. The van der Waals surface area contributed by atoms with Gasteiger partial charge < -0.3 is 10.2 Å². The van der Waals surface area contributed by atoms with Gasteiger partial charge in [0, 0.05) is 18.0 Å². The third-order valence-corrected chi connectivity index (χ3v) is 5.13. The minimum atomic E-state index is -0.246. The molecule has 5 heteroatoms. The van der Waals surface area contributed by atoms with Crippen molar-refractivity contribution in [2.75, 3.05) is 26.7 Å². The van der Waals surface area contributed by atoms with E-state index in [1.807, 2.05) is 24.1 Å². The van der Waals surface area contributed by atoms with E-state index in [1.165, 1.54) is 23.5 Å². The van der Waals surface area contributed by atoms with Gasteiger partial charge in [-0.15, -0.1) is 11.3 Å². The summed E-state index contributed by atoms with van der Waals surface area (Å²) in [5.74, 6) is 0.409. The van der Waals surface area contributed by atoms with Gasteiger partial charge in [-0.05, 0) is 55.8 Å². The Kier molecular flexibility index (Phi) is 4.55. The molecule has 22 heavy (non-hydrogen) atoms. The van der Waals surface area contributed by atoms with Crippen LogP contribution in [0.3, 0.4) is 0 Å². The second-order valence-corrected chi connectivity index (χ2v) is 6.72. The van der Waals surface area contributed by atoms with Gasteiger partial charge in [0.05, 0.1) is 4.88 Å². The van der Waals surface area contributed by atoms with Crippen LogP contribution in [0.5, 0.6) is 0 Å². The van der Waals surface area contributed by atoms with Crippen LogP contribution in [0.1, 0.15) is 16.1 Å². The predicted octanol–water partition coefficient (Wildman–Crippen LogP) is 3.24. The number of halogens is 1. The zero-order chi connectivity index (χ0) is 15.5. The summed E-state index contributed by atoms with van der Waals surface area (Å²) in [6.07, 6.45) is 1.06. The van der Waals surface area contributed by atoms with Gasteiger partial charge >= 0.3 is 0 Å². The van der Waals surface area contributed by atoms with Gasteiger partial charge in [-0.3, -0.25) is 4.79 Å². The molecule has 1 aliphatic rings. The van der Waals surface area contributed by atoms with Crippen molar-refractivity contribution in [3.8, 4) is 10.4 Å². The monoisotopic (exact) mass is 318 g/mol. The first kappa shape index (κ1) is 15.2. The summed E-state index contributed by atoms with van der Waals surface area (Å²) in [5.41, 5.74) is 0.944. The van der Waals surface area contributed by atoms with E-state index in [2.05, 4.69) is 5.32 Å². The highest BCUT2D eigenvalue weighted by Gasteiger charge is 2.27. The Labute approximate surface area is 133 Å². The van der Waals surface area contributed by atoms with Crippen molar-refractivity contribution in [2.24, 2.45) is 5.92 Å². The lowest BCUT2D eigenvalue weighted by molar-refractivity contribution is 0.0792. The molecule has 0 radical (unpaired) electrons. The first-order valence-electron chi connectivity index (χ1n) is 7.47. The number of hydrogen-bond donors (Lipinski definition) is 1. The van der Waals surface area contributed by atoms with Gasteiger partial charge in [0.2, 0.25) is 0 Å². The number of amides is 1. The zero-order valence-electron chi connectivity index (χ0n) is 12.5. The SMILES string of the molecule is CNCC1CCN(C(=O)c2ccc(-c3ccc(F)cc3)s2)C1. The molecule has 1 aromatic carbocycles. The quantitative estimate of drug-likeness (QED) is 0.938. The Bertz CT molecular complexity index is 653. The molecule has 116 valence electrons. The van der Waals surface area contributed by atoms with Crippen molar-refractivity contribution < 1.29 is 9.18 Å². The van der Waals surface area contributed by atoms with Gasteiger partial charge in [-0.25, -0.2) is 4.39 Å². The summed E-state index contributed by atoms with van der Waals surface area (Å²) >= 11 is 1.47.